The van der Waals surface area contributed by atoms with Crippen LogP contribution in [0.15, 0.2) is 24.3 Å². The summed E-state index contributed by atoms with van der Waals surface area (Å²) in [5.74, 6) is -6.01. The fraction of sp³-hybridized carbons (Fsp3) is 0.345. The second kappa shape index (κ2) is 9.26. The average molecular weight is 532 g/mol. The van der Waals surface area contributed by atoms with Crippen LogP contribution in [0.25, 0.3) is 0 Å². The van der Waals surface area contributed by atoms with E-state index in [-0.39, 0.29) is 5.16 Å². The van der Waals surface area contributed by atoms with E-state index in [4.69, 9.17) is 0 Å². The third kappa shape index (κ3) is 4.29. The molecule has 4 rings (SSSR count). The molecule has 0 aliphatic carbocycles. The number of aryl methyl sites for hydroxylation is 6. The minimum absolute atomic E-state index is 0.247. The highest BCUT2D eigenvalue weighted by atomic mass is 31.2. The maximum Gasteiger partial charge on any atom is 0.252 e. The van der Waals surface area contributed by atoms with E-state index in [2.05, 4.69) is 50.0 Å². The number of rotatable bonds is 3. The van der Waals surface area contributed by atoms with E-state index in [0.29, 0.717) is 0 Å². The van der Waals surface area contributed by atoms with Crippen LogP contribution in [0.2, 0.25) is 0 Å². The van der Waals surface area contributed by atoms with Crippen molar-refractivity contribution in [3.05, 3.63) is 92.3 Å². The Labute approximate surface area is 212 Å². The summed E-state index contributed by atoms with van der Waals surface area (Å²) >= 11 is 0. The Balaban J connectivity index is 2.32. The van der Waals surface area contributed by atoms with Crippen molar-refractivity contribution in [3.8, 4) is 0 Å². The first-order chi connectivity index (χ1) is 16.6. The highest BCUT2D eigenvalue weighted by Crippen LogP contribution is 2.67. The van der Waals surface area contributed by atoms with Crippen molar-refractivity contribution in [3.63, 3.8) is 0 Å². The molecule has 2 aromatic carbocycles. The van der Waals surface area contributed by atoms with Crippen LogP contribution in [-0.2, 0) is 0 Å². The predicted molar refractivity (Wildman–Crippen MR) is 147 cm³/mol. The van der Waals surface area contributed by atoms with Crippen molar-refractivity contribution in [2.45, 2.75) is 67.5 Å². The molecule has 1 nitrogen and oxygen atoms in total. The van der Waals surface area contributed by atoms with Crippen LogP contribution in [-0.4, -0.2) is 20.2 Å². The SMILES string of the molecule is Cc1cc(C)c(C2=P(c3c(F)c(F)nc(F)c3F)=C(c3c(C)cc(C)cc3C)P2C(C)(C)C)c(C)c1. The second-order valence-corrected chi connectivity index (χ2v) is 16.3. The number of hydrogen-bond acceptors (Lipinski definition) is 1. The van der Waals surface area contributed by atoms with Crippen LogP contribution >= 0.6 is 15.1 Å². The molecule has 0 N–H and O–H groups in total. The average Bonchev–Trinajstić information content (AvgIpc) is 2.71. The van der Waals surface area contributed by atoms with E-state index >= 15 is 8.78 Å². The van der Waals surface area contributed by atoms with Crippen molar-refractivity contribution >= 4 is 30.5 Å². The van der Waals surface area contributed by atoms with Crippen molar-refractivity contribution < 1.29 is 17.6 Å². The Hall–Kier alpha value is -2.22. The Morgan fingerprint density at radius 1 is 0.611 bits per heavy atom. The van der Waals surface area contributed by atoms with Gasteiger partial charge >= 0.3 is 0 Å². The minimum atomic E-state index is -1.84. The molecular formula is C29H31F4NP2. The summed E-state index contributed by atoms with van der Waals surface area (Å²) in [4.78, 5) is 2.84. The van der Waals surface area contributed by atoms with Crippen LogP contribution in [0, 0.1) is 65.1 Å². The fourth-order valence-corrected chi connectivity index (χ4v) is 14.9. The van der Waals surface area contributed by atoms with E-state index in [9.17, 15) is 8.78 Å². The van der Waals surface area contributed by atoms with Gasteiger partial charge < -0.3 is 0 Å². The minimum Gasteiger partial charge on any atom is -0.201 e. The summed E-state index contributed by atoms with van der Waals surface area (Å²) in [6, 6.07) is 8.22. The van der Waals surface area contributed by atoms with Gasteiger partial charge in [-0.3, -0.25) is 0 Å². The molecule has 3 aromatic rings. The molecule has 1 aliphatic rings. The van der Waals surface area contributed by atoms with Crippen LogP contribution in [0.4, 0.5) is 17.6 Å². The molecule has 0 atom stereocenters. The largest absolute Gasteiger partial charge is 0.252 e. The van der Waals surface area contributed by atoms with Gasteiger partial charge in [-0.1, -0.05) is 63.3 Å². The third-order valence-electron chi connectivity index (χ3n) is 6.52. The molecule has 190 valence electrons. The monoisotopic (exact) mass is 531 g/mol. The summed E-state index contributed by atoms with van der Waals surface area (Å²) in [6.45, 7) is 18.4. The van der Waals surface area contributed by atoms with E-state index in [1.807, 2.05) is 41.5 Å². The van der Waals surface area contributed by atoms with Gasteiger partial charge in [-0.05, 0) is 88.0 Å². The first-order valence-electron chi connectivity index (χ1n) is 11.9. The van der Waals surface area contributed by atoms with Gasteiger partial charge in [-0.15, -0.1) is 0 Å². The summed E-state index contributed by atoms with van der Waals surface area (Å²) in [5.41, 5.74) is 8.08. The van der Waals surface area contributed by atoms with Crippen LogP contribution in [0.3, 0.4) is 0 Å². The molecule has 0 unspecified atom stereocenters. The highest BCUT2D eigenvalue weighted by Gasteiger charge is 2.44. The molecule has 0 radical (unpaired) electrons. The van der Waals surface area contributed by atoms with Gasteiger partial charge in [0.2, 0.25) is 0 Å². The standard InChI is InChI=1S/C29H31F4NP2/c1-14-10-16(3)20(17(4)11-14)27-35(24-22(30)25(32)34-26(33)23(24)31)28(36(27)29(7,8)9)21-18(5)12-15(2)13-19(21)6/h10-13H,1-9H3. The van der Waals surface area contributed by atoms with Gasteiger partial charge in [0.1, 0.15) is 0 Å². The number of benzene rings is 2. The Morgan fingerprint density at radius 2 is 0.944 bits per heavy atom. The summed E-state index contributed by atoms with van der Waals surface area (Å²) in [5, 5.41) is 1.06. The van der Waals surface area contributed by atoms with Crippen molar-refractivity contribution in [1.29, 1.82) is 0 Å². The summed E-state index contributed by atoms with van der Waals surface area (Å²) in [7, 11) is -2.89. The van der Waals surface area contributed by atoms with Gasteiger partial charge in [0, 0.05) is 10.1 Å². The molecule has 1 aromatic heterocycles. The maximum absolute atomic E-state index is 15.4. The lowest BCUT2D eigenvalue weighted by atomic mass is 10.0. The molecule has 0 fully saturated rings. The van der Waals surface area contributed by atoms with Gasteiger partial charge in [-0.25, -0.2) is 8.78 Å². The number of aromatic nitrogens is 1. The topological polar surface area (TPSA) is 12.9 Å². The first kappa shape index (κ1) is 26.8. The lowest BCUT2D eigenvalue weighted by Crippen LogP contribution is -2.33. The van der Waals surface area contributed by atoms with Crippen molar-refractivity contribution in [2.24, 2.45) is 0 Å². The number of nitrogens with zero attached hydrogens (tertiary/aromatic N) is 1. The zero-order chi connectivity index (χ0) is 26.9. The van der Waals surface area contributed by atoms with Crippen LogP contribution in [0.1, 0.15) is 65.3 Å². The van der Waals surface area contributed by atoms with Crippen LogP contribution in [0.5, 0.6) is 0 Å². The second-order valence-electron chi connectivity index (χ2n) is 10.7. The van der Waals surface area contributed by atoms with Crippen molar-refractivity contribution in [1.82, 2.24) is 4.98 Å². The Kier molecular flexibility index (Phi) is 6.90. The van der Waals surface area contributed by atoms with Crippen LogP contribution < -0.4 is 5.30 Å². The summed E-state index contributed by atoms with van der Waals surface area (Å²) in [6.07, 6.45) is 0. The van der Waals surface area contributed by atoms with Crippen molar-refractivity contribution in [2.75, 3.05) is 0 Å². The molecule has 0 saturated carbocycles. The molecule has 0 spiro atoms. The Morgan fingerprint density at radius 3 is 1.25 bits per heavy atom. The van der Waals surface area contributed by atoms with E-state index < -0.39 is 43.9 Å². The van der Waals surface area contributed by atoms with Gasteiger partial charge in [0.15, 0.2) is 11.6 Å². The first-order valence-corrected chi connectivity index (χ1v) is 14.5. The van der Waals surface area contributed by atoms with E-state index in [1.54, 1.807) is 0 Å². The third-order valence-corrected chi connectivity index (χ3v) is 13.7. The molecule has 0 amide bonds. The normalized spacial score (nSPS) is 17.0. The summed E-state index contributed by atoms with van der Waals surface area (Å²) < 4.78 is 59.7. The molecule has 2 heterocycles. The lowest BCUT2D eigenvalue weighted by molar-refractivity contribution is 0.415. The maximum atomic E-state index is 15.4. The zero-order valence-corrected chi connectivity index (χ0v) is 24.0. The number of halogens is 4. The molecule has 0 bridgehead atoms. The van der Waals surface area contributed by atoms with E-state index in [1.165, 1.54) is 0 Å². The van der Waals surface area contributed by atoms with E-state index in [0.717, 1.165) is 54.6 Å². The molecule has 36 heavy (non-hydrogen) atoms. The number of hydrogen-bond donors (Lipinski definition) is 0. The molecule has 0 saturated heterocycles. The fourth-order valence-electron chi connectivity index (χ4n) is 5.39. The predicted octanol–water partition coefficient (Wildman–Crippen LogP) is 8.25. The van der Waals surface area contributed by atoms with Gasteiger partial charge in [0.25, 0.3) is 11.9 Å². The quantitative estimate of drug-likeness (QED) is 0.188. The molecule has 1 aliphatic heterocycles. The zero-order valence-electron chi connectivity index (χ0n) is 22.2. The lowest BCUT2D eigenvalue weighted by Gasteiger charge is -2.44. The molecular weight excluding hydrogens is 500 g/mol. The molecule has 7 heteroatoms. The highest BCUT2D eigenvalue weighted by molar-refractivity contribution is 8.17. The Bertz CT molecular complexity index is 1380. The van der Waals surface area contributed by atoms with Gasteiger partial charge in [0.05, 0.1) is 5.30 Å². The smallest absolute Gasteiger partial charge is 0.201 e. The van der Waals surface area contributed by atoms with Gasteiger partial charge in [-0.2, -0.15) is 13.8 Å². The number of pyridine rings is 1.